The topological polar surface area (TPSA) is 38.3 Å². The van der Waals surface area contributed by atoms with E-state index >= 15 is 0 Å². The van der Waals surface area contributed by atoms with Crippen molar-refractivity contribution in [3.05, 3.63) is 23.8 Å². The highest BCUT2D eigenvalue weighted by Gasteiger charge is 2.14. The second-order valence-electron chi connectivity index (χ2n) is 3.54. The molecule has 1 aromatic rings. The number of ether oxygens (including phenoxy) is 1. The lowest BCUT2D eigenvalue weighted by atomic mass is 10.2. The quantitative estimate of drug-likeness (QED) is 0.742. The number of carbonyl (C=O) groups is 1. The Hall–Kier alpha value is -1.51. The minimum absolute atomic E-state index is 0. The van der Waals surface area contributed by atoms with Crippen LogP contribution in [-0.4, -0.2) is 12.5 Å². The summed E-state index contributed by atoms with van der Waals surface area (Å²) in [5, 5.41) is 2.74. The van der Waals surface area contributed by atoms with Crippen LogP contribution in [0.4, 0.5) is 5.69 Å². The lowest BCUT2D eigenvalue weighted by Crippen LogP contribution is -2.25. The van der Waals surface area contributed by atoms with E-state index in [-0.39, 0.29) is 13.9 Å². The van der Waals surface area contributed by atoms with Crippen LogP contribution in [0, 0.1) is 6.92 Å². The molecule has 0 saturated heterocycles. The summed E-state index contributed by atoms with van der Waals surface area (Å²) in [4.78, 5) is 10.9. The number of anilines is 1. The molecule has 98 valence electrons. The Labute approximate surface area is 106 Å². The standard InChI is InChI=1S/C9H9NO2.C3H8.C2H6.H2/c1-6-2-3-8-7(4-6)10-9(11)5-12-8;1-3-2;1-2;/h2-4H,5H2,1H3,(H,10,11);3H2,1-2H3;1-2H3;1H. The first kappa shape index (κ1) is 15.5. The number of carbonyl (C=O) groups excluding carboxylic acids is 1. The van der Waals surface area contributed by atoms with Gasteiger partial charge in [0.15, 0.2) is 6.61 Å². The second kappa shape index (κ2) is 8.62. The van der Waals surface area contributed by atoms with Gasteiger partial charge in [0, 0.05) is 1.43 Å². The second-order valence-corrected chi connectivity index (χ2v) is 3.54. The van der Waals surface area contributed by atoms with Gasteiger partial charge >= 0.3 is 0 Å². The first-order valence-corrected chi connectivity index (χ1v) is 6.20. The molecule has 1 aromatic carbocycles. The van der Waals surface area contributed by atoms with Crippen LogP contribution in [0.25, 0.3) is 0 Å². The van der Waals surface area contributed by atoms with Gasteiger partial charge in [0.05, 0.1) is 5.69 Å². The third-order valence-corrected chi connectivity index (χ3v) is 1.77. The Morgan fingerprint density at radius 3 is 2.53 bits per heavy atom. The molecule has 0 saturated carbocycles. The Morgan fingerprint density at radius 1 is 1.35 bits per heavy atom. The maximum Gasteiger partial charge on any atom is 0.262 e. The predicted molar refractivity (Wildman–Crippen MR) is 74.7 cm³/mol. The number of aryl methyl sites for hydroxylation is 1. The van der Waals surface area contributed by atoms with Crippen molar-refractivity contribution in [1.29, 1.82) is 0 Å². The fourth-order valence-electron chi connectivity index (χ4n) is 1.20. The summed E-state index contributed by atoms with van der Waals surface area (Å²) in [6, 6.07) is 5.72. The van der Waals surface area contributed by atoms with E-state index < -0.39 is 0 Å². The van der Waals surface area contributed by atoms with Crippen LogP contribution in [0.1, 0.15) is 41.1 Å². The van der Waals surface area contributed by atoms with Gasteiger partial charge in [0.2, 0.25) is 0 Å². The summed E-state index contributed by atoms with van der Waals surface area (Å²) in [5.41, 5.74) is 1.88. The van der Waals surface area contributed by atoms with Crippen LogP contribution >= 0.6 is 0 Å². The molecule has 3 heteroatoms. The molecule has 3 nitrogen and oxygen atoms in total. The highest BCUT2D eigenvalue weighted by atomic mass is 16.5. The molecule has 0 spiro atoms. The van der Waals surface area contributed by atoms with Crippen LogP contribution < -0.4 is 10.1 Å². The van der Waals surface area contributed by atoms with Gasteiger partial charge in [-0.3, -0.25) is 4.79 Å². The molecular formula is C14H25NO2. The molecule has 1 aliphatic heterocycles. The number of hydrogen-bond acceptors (Lipinski definition) is 2. The Balaban J connectivity index is 0. The summed E-state index contributed by atoms with van der Waals surface area (Å²) >= 11 is 0. The molecule has 0 atom stereocenters. The van der Waals surface area contributed by atoms with Gasteiger partial charge < -0.3 is 10.1 Å². The van der Waals surface area contributed by atoms with Crippen LogP contribution in [0.5, 0.6) is 5.75 Å². The van der Waals surface area contributed by atoms with Crippen molar-refractivity contribution in [1.82, 2.24) is 0 Å². The molecule has 1 aliphatic rings. The van der Waals surface area contributed by atoms with Crippen molar-refractivity contribution < 1.29 is 11.0 Å². The molecule has 0 aromatic heterocycles. The third kappa shape index (κ3) is 5.38. The number of hydrogen-bond donors (Lipinski definition) is 1. The number of nitrogens with one attached hydrogen (secondary N) is 1. The van der Waals surface area contributed by atoms with E-state index in [1.165, 1.54) is 6.42 Å². The lowest BCUT2D eigenvalue weighted by molar-refractivity contribution is -0.118. The SMILES string of the molecule is CC.CCC.Cc1ccc2c(c1)NC(=O)CO2.[HH]. The molecule has 1 heterocycles. The first-order valence-electron chi connectivity index (χ1n) is 6.20. The van der Waals surface area contributed by atoms with Crippen molar-refractivity contribution in [2.75, 3.05) is 11.9 Å². The van der Waals surface area contributed by atoms with Gasteiger partial charge in [-0.15, -0.1) is 0 Å². The molecule has 0 radical (unpaired) electrons. The lowest BCUT2D eigenvalue weighted by Gasteiger charge is -2.17. The minimum Gasteiger partial charge on any atom is -0.482 e. The highest BCUT2D eigenvalue weighted by Crippen LogP contribution is 2.27. The number of fused-ring (bicyclic) bond motifs is 1. The summed E-state index contributed by atoms with van der Waals surface area (Å²) in [6.07, 6.45) is 1.25. The zero-order valence-corrected chi connectivity index (χ0v) is 11.5. The van der Waals surface area contributed by atoms with Crippen molar-refractivity contribution in [2.24, 2.45) is 0 Å². The average molecular weight is 239 g/mol. The van der Waals surface area contributed by atoms with E-state index in [0.29, 0.717) is 0 Å². The number of rotatable bonds is 0. The molecule has 1 amide bonds. The number of amides is 1. The maximum absolute atomic E-state index is 10.9. The third-order valence-electron chi connectivity index (χ3n) is 1.77. The van der Waals surface area contributed by atoms with Crippen molar-refractivity contribution in [3.63, 3.8) is 0 Å². The van der Waals surface area contributed by atoms with Crippen LogP contribution in [0.15, 0.2) is 18.2 Å². The van der Waals surface area contributed by atoms with Crippen molar-refractivity contribution in [3.8, 4) is 5.75 Å². The van der Waals surface area contributed by atoms with Gasteiger partial charge in [-0.25, -0.2) is 0 Å². The zero-order valence-electron chi connectivity index (χ0n) is 11.5. The molecular weight excluding hydrogens is 214 g/mol. The Kier molecular flexibility index (Phi) is 7.85. The monoisotopic (exact) mass is 239 g/mol. The van der Waals surface area contributed by atoms with E-state index in [9.17, 15) is 4.79 Å². The molecule has 1 N–H and O–H groups in total. The Bertz CT molecular complexity index is 354. The normalized spacial score (nSPS) is 11.7. The largest absolute Gasteiger partial charge is 0.482 e. The fourth-order valence-corrected chi connectivity index (χ4v) is 1.20. The van der Waals surface area contributed by atoms with Crippen molar-refractivity contribution in [2.45, 2.75) is 41.0 Å². The first-order chi connectivity index (χ1) is 8.17. The smallest absolute Gasteiger partial charge is 0.262 e. The van der Waals surface area contributed by atoms with Gasteiger partial charge in [0.1, 0.15) is 5.75 Å². The molecule has 0 bridgehead atoms. The molecule has 17 heavy (non-hydrogen) atoms. The average Bonchev–Trinajstić information content (AvgIpc) is 2.32. The van der Waals surface area contributed by atoms with E-state index in [1.54, 1.807) is 0 Å². The van der Waals surface area contributed by atoms with Crippen LogP contribution in [-0.2, 0) is 4.79 Å². The predicted octanol–water partition coefficient (Wildman–Crippen LogP) is 4.01. The molecule has 2 rings (SSSR count). The zero-order chi connectivity index (χ0) is 13.3. The van der Waals surface area contributed by atoms with E-state index in [4.69, 9.17) is 4.74 Å². The fraction of sp³-hybridized carbons (Fsp3) is 0.500. The molecule has 0 fully saturated rings. The summed E-state index contributed by atoms with van der Waals surface area (Å²) in [7, 11) is 0. The van der Waals surface area contributed by atoms with E-state index in [1.807, 2.05) is 39.0 Å². The van der Waals surface area contributed by atoms with Crippen molar-refractivity contribution >= 4 is 11.6 Å². The van der Waals surface area contributed by atoms with Gasteiger partial charge in [-0.1, -0.05) is 40.2 Å². The van der Waals surface area contributed by atoms with E-state index in [0.717, 1.165) is 17.0 Å². The van der Waals surface area contributed by atoms with Gasteiger partial charge in [-0.05, 0) is 24.6 Å². The Morgan fingerprint density at radius 2 is 1.94 bits per heavy atom. The van der Waals surface area contributed by atoms with Gasteiger partial charge in [-0.2, -0.15) is 0 Å². The summed E-state index contributed by atoms with van der Waals surface area (Å²) in [5.74, 6) is 0.660. The summed E-state index contributed by atoms with van der Waals surface area (Å²) < 4.78 is 5.18. The van der Waals surface area contributed by atoms with E-state index in [2.05, 4.69) is 19.2 Å². The van der Waals surface area contributed by atoms with Crippen LogP contribution in [0.3, 0.4) is 0 Å². The molecule has 0 unspecified atom stereocenters. The highest BCUT2D eigenvalue weighted by molar-refractivity contribution is 5.95. The minimum atomic E-state index is -0.0897. The molecule has 0 aliphatic carbocycles. The number of benzene rings is 1. The maximum atomic E-state index is 10.9. The summed E-state index contributed by atoms with van der Waals surface area (Å²) in [6.45, 7) is 10.3. The van der Waals surface area contributed by atoms with Gasteiger partial charge in [0.25, 0.3) is 5.91 Å². The van der Waals surface area contributed by atoms with Crippen LogP contribution in [0.2, 0.25) is 0 Å².